The van der Waals surface area contributed by atoms with Gasteiger partial charge in [-0.2, -0.15) is 5.10 Å². The van der Waals surface area contributed by atoms with Crippen LogP contribution in [-0.2, 0) is 6.61 Å². The molecule has 0 radical (unpaired) electrons. The quantitative estimate of drug-likeness (QED) is 0.148. The molecule has 4 aromatic rings. The van der Waals surface area contributed by atoms with Gasteiger partial charge in [0.1, 0.15) is 17.9 Å². The maximum atomic E-state index is 12.2. The molecular weight excluding hydrogens is 525 g/mol. The van der Waals surface area contributed by atoms with E-state index in [2.05, 4.69) is 33.1 Å². The third kappa shape index (κ3) is 5.11. The second-order valence-electron chi connectivity index (χ2n) is 6.75. The number of halogens is 1. The third-order valence-corrected chi connectivity index (χ3v) is 5.34. The topological polar surface area (TPSA) is 107 Å². The Hall–Kier alpha value is -3.73. The Morgan fingerprint density at radius 2 is 1.97 bits per heavy atom. The molecule has 0 unspecified atom stereocenters. The molecule has 0 aliphatic rings. The van der Waals surface area contributed by atoms with Crippen molar-refractivity contribution in [2.75, 3.05) is 0 Å². The molecule has 1 aromatic heterocycles. The normalized spacial score (nSPS) is 11.0. The van der Waals surface area contributed by atoms with Gasteiger partial charge in [-0.05, 0) is 64.0 Å². The second-order valence-corrected chi connectivity index (χ2v) is 7.92. The first-order chi connectivity index (χ1) is 15.5. The lowest BCUT2D eigenvalue weighted by Crippen LogP contribution is -2.16. The Kier molecular flexibility index (Phi) is 6.45. The third-order valence-electron chi connectivity index (χ3n) is 4.50. The number of nitrogens with zero attached hydrogens (tertiary/aromatic N) is 2. The first kappa shape index (κ1) is 21.5. The first-order valence-electron chi connectivity index (χ1n) is 9.47. The van der Waals surface area contributed by atoms with Crippen molar-refractivity contribution in [3.63, 3.8) is 0 Å². The van der Waals surface area contributed by atoms with E-state index < -0.39 is 10.8 Å². The summed E-state index contributed by atoms with van der Waals surface area (Å²) in [7, 11) is 0. The van der Waals surface area contributed by atoms with Gasteiger partial charge in [0.25, 0.3) is 5.69 Å². The summed E-state index contributed by atoms with van der Waals surface area (Å²) in [6, 6.07) is 20.8. The van der Waals surface area contributed by atoms with Gasteiger partial charge in [0.05, 0.1) is 14.7 Å². The van der Waals surface area contributed by atoms with Crippen molar-refractivity contribution in [1.29, 1.82) is 0 Å². The van der Waals surface area contributed by atoms with Crippen LogP contribution in [0.5, 0.6) is 5.75 Å². The minimum Gasteiger partial charge on any atom is -0.488 e. The van der Waals surface area contributed by atoms with E-state index in [1.54, 1.807) is 36.4 Å². The number of carbonyl (C=O) groups is 1. The Morgan fingerprint density at radius 1 is 1.12 bits per heavy atom. The van der Waals surface area contributed by atoms with Crippen LogP contribution in [0.2, 0.25) is 0 Å². The van der Waals surface area contributed by atoms with Gasteiger partial charge >= 0.3 is 5.91 Å². The van der Waals surface area contributed by atoms with Crippen molar-refractivity contribution in [1.82, 2.24) is 5.43 Å². The minimum atomic E-state index is -0.441. The van der Waals surface area contributed by atoms with Crippen LogP contribution in [0.15, 0.2) is 82.3 Å². The van der Waals surface area contributed by atoms with E-state index in [9.17, 15) is 14.9 Å². The zero-order valence-electron chi connectivity index (χ0n) is 16.5. The van der Waals surface area contributed by atoms with Crippen LogP contribution in [-0.4, -0.2) is 17.0 Å². The highest BCUT2D eigenvalue weighted by Crippen LogP contribution is 2.23. The lowest BCUT2D eigenvalue weighted by Gasteiger charge is -2.09. The second kappa shape index (κ2) is 9.60. The lowest BCUT2D eigenvalue weighted by atomic mass is 10.2. The molecule has 0 fully saturated rings. The van der Waals surface area contributed by atoms with E-state index in [0.29, 0.717) is 16.9 Å². The summed E-state index contributed by atoms with van der Waals surface area (Å²) in [4.78, 5) is 22.7. The lowest BCUT2D eigenvalue weighted by molar-refractivity contribution is -0.384. The highest BCUT2D eigenvalue weighted by Gasteiger charge is 2.11. The van der Waals surface area contributed by atoms with Gasteiger partial charge in [0.15, 0.2) is 5.76 Å². The number of fused-ring (bicyclic) bond motifs is 1. The summed E-state index contributed by atoms with van der Waals surface area (Å²) in [5, 5.41) is 15.7. The van der Waals surface area contributed by atoms with E-state index in [0.717, 1.165) is 14.5 Å². The summed E-state index contributed by atoms with van der Waals surface area (Å²) in [6.45, 7) is 0.207. The van der Waals surface area contributed by atoms with E-state index in [4.69, 9.17) is 9.15 Å². The summed E-state index contributed by atoms with van der Waals surface area (Å²) < 4.78 is 12.1. The minimum absolute atomic E-state index is 0.0250. The van der Waals surface area contributed by atoms with Gasteiger partial charge in [0.2, 0.25) is 0 Å². The Morgan fingerprint density at radius 3 is 2.75 bits per heavy atom. The van der Waals surface area contributed by atoms with Gasteiger partial charge < -0.3 is 9.15 Å². The molecule has 0 saturated heterocycles. The van der Waals surface area contributed by atoms with Crippen molar-refractivity contribution >= 4 is 51.4 Å². The van der Waals surface area contributed by atoms with Crippen molar-refractivity contribution in [3.8, 4) is 5.75 Å². The predicted molar refractivity (Wildman–Crippen MR) is 128 cm³/mol. The smallest absolute Gasteiger partial charge is 0.307 e. The number of nitrogens with one attached hydrogen (secondary N) is 1. The van der Waals surface area contributed by atoms with Crippen molar-refractivity contribution in [3.05, 3.63) is 103 Å². The molecule has 9 heteroatoms. The summed E-state index contributed by atoms with van der Waals surface area (Å²) in [5.74, 6) is 0.382. The van der Waals surface area contributed by atoms with Crippen LogP contribution in [0, 0.1) is 13.7 Å². The molecule has 8 nitrogen and oxygen atoms in total. The van der Waals surface area contributed by atoms with E-state index in [1.807, 2.05) is 24.3 Å². The number of furan rings is 1. The Labute approximate surface area is 196 Å². The van der Waals surface area contributed by atoms with Crippen molar-refractivity contribution < 1.29 is 18.9 Å². The molecule has 0 saturated carbocycles. The van der Waals surface area contributed by atoms with Crippen LogP contribution < -0.4 is 10.2 Å². The fourth-order valence-corrected chi connectivity index (χ4v) is 3.64. The van der Waals surface area contributed by atoms with E-state index >= 15 is 0 Å². The Balaban J connectivity index is 1.36. The number of rotatable bonds is 7. The Bertz CT molecular complexity index is 1300. The number of benzene rings is 3. The number of nitro groups is 1. The van der Waals surface area contributed by atoms with Gasteiger partial charge in [-0.25, -0.2) is 5.43 Å². The number of hydrogen-bond acceptors (Lipinski definition) is 6. The number of para-hydroxylation sites is 1. The molecule has 0 bridgehead atoms. The van der Waals surface area contributed by atoms with Crippen LogP contribution in [0.1, 0.15) is 21.7 Å². The molecule has 4 rings (SSSR count). The molecule has 0 spiro atoms. The van der Waals surface area contributed by atoms with E-state index in [-0.39, 0.29) is 18.1 Å². The number of nitro benzene ring substituents is 1. The summed E-state index contributed by atoms with van der Waals surface area (Å²) >= 11 is 2.13. The van der Waals surface area contributed by atoms with Crippen molar-refractivity contribution in [2.45, 2.75) is 6.61 Å². The molecule has 1 heterocycles. The molecule has 32 heavy (non-hydrogen) atoms. The fourth-order valence-electron chi connectivity index (χ4n) is 2.95. The number of amides is 1. The zero-order valence-corrected chi connectivity index (χ0v) is 18.7. The number of hydrogen-bond donors (Lipinski definition) is 1. The summed E-state index contributed by atoms with van der Waals surface area (Å²) in [5.41, 5.74) is 4.58. The largest absolute Gasteiger partial charge is 0.488 e. The van der Waals surface area contributed by atoms with Crippen LogP contribution >= 0.6 is 22.6 Å². The maximum Gasteiger partial charge on any atom is 0.307 e. The molecule has 160 valence electrons. The fraction of sp³-hybridized carbons (Fsp3) is 0.0435. The monoisotopic (exact) mass is 541 g/mol. The first-order valence-corrected chi connectivity index (χ1v) is 10.5. The van der Waals surface area contributed by atoms with Crippen LogP contribution in [0.3, 0.4) is 0 Å². The van der Waals surface area contributed by atoms with Crippen LogP contribution in [0.25, 0.3) is 11.0 Å². The number of non-ortho nitro benzene ring substituents is 1. The molecule has 1 amide bonds. The molecule has 3 aromatic carbocycles. The zero-order chi connectivity index (χ0) is 22.5. The predicted octanol–water partition coefficient (Wildman–Crippen LogP) is 5.29. The molecule has 0 aliphatic heterocycles. The maximum absolute atomic E-state index is 12.2. The molecule has 0 aliphatic carbocycles. The number of ether oxygens (including phenoxy) is 1. The van der Waals surface area contributed by atoms with Gasteiger partial charge in [0, 0.05) is 17.5 Å². The standard InChI is InChI=1S/C23H16IN3O5/c24-19-11-15(8-9-21(19)31-14-16-4-3-6-18(10-16)27(29)30)13-25-26-23(28)22-12-17-5-1-2-7-20(17)32-22/h1-13H,14H2,(H,26,28)/b25-13+. The highest BCUT2D eigenvalue weighted by molar-refractivity contribution is 14.1. The highest BCUT2D eigenvalue weighted by atomic mass is 127. The average molecular weight is 541 g/mol. The number of carbonyl (C=O) groups excluding carboxylic acids is 1. The molecular formula is C23H16IN3O5. The van der Waals surface area contributed by atoms with Gasteiger partial charge in [-0.15, -0.1) is 0 Å². The molecule has 1 N–H and O–H groups in total. The van der Waals surface area contributed by atoms with E-state index in [1.165, 1.54) is 18.3 Å². The average Bonchev–Trinajstić information content (AvgIpc) is 3.23. The summed E-state index contributed by atoms with van der Waals surface area (Å²) in [6.07, 6.45) is 1.52. The SMILES string of the molecule is O=C(N/N=C/c1ccc(OCc2cccc([N+](=O)[O-])c2)c(I)c1)c1cc2ccccc2o1. The van der Waals surface area contributed by atoms with Crippen LogP contribution in [0.4, 0.5) is 5.69 Å². The van der Waals surface area contributed by atoms with Gasteiger partial charge in [-0.3, -0.25) is 14.9 Å². The van der Waals surface area contributed by atoms with Crippen molar-refractivity contribution in [2.24, 2.45) is 5.10 Å². The number of hydrazone groups is 1. The molecule has 0 atom stereocenters. The van der Waals surface area contributed by atoms with Gasteiger partial charge in [-0.1, -0.05) is 30.3 Å².